The highest BCUT2D eigenvalue weighted by Crippen LogP contribution is 2.38. The lowest BCUT2D eigenvalue weighted by atomic mass is 9.85. The third-order valence-electron chi connectivity index (χ3n) is 5.71. The van der Waals surface area contributed by atoms with E-state index in [2.05, 4.69) is 4.90 Å². The Hall–Kier alpha value is -1.75. The Morgan fingerprint density at radius 2 is 1.91 bits per heavy atom. The van der Waals surface area contributed by atoms with Gasteiger partial charge >= 0.3 is 0 Å². The molecule has 1 aromatic carbocycles. The molecule has 124 valence electrons. The number of carbonyl (C=O) groups excluding carboxylic acids is 1. The summed E-state index contributed by atoms with van der Waals surface area (Å²) in [5.41, 5.74) is 0.115. The van der Waals surface area contributed by atoms with E-state index in [0.29, 0.717) is 18.9 Å². The van der Waals surface area contributed by atoms with Crippen molar-refractivity contribution in [2.24, 2.45) is 0 Å². The summed E-state index contributed by atoms with van der Waals surface area (Å²) >= 11 is 0. The molecule has 2 saturated heterocycles. The van der Waals surface area contributed by atoms with Crippen LogP contribution in [0.1, 0.15) is 25.7 Å². The van der Waals surface area contributed by atoms with E-state index in [9.17, 15) is 4.79 Å². The van der Waals surface area contributed by atoms with E-state index in [1.807, 2.05) is 36.2 Å². The molecule has 1 amide bonds. The molecule has 5 nitrogen and oxygen atoms in total. The quantitative estimate of drug-likeness (QED) is 0.836. The van der Waals surface area contributed by atoms with Crippen LogP contribution in [0.3, 0.4) is 0 Å². The second-order valence-corrected chi connectivity index (χ2v) is 6.98. The fourth-order valence-corrected chi connectivity index (χ4v) is 4.12. The van der Waals surface area contributed by atoms with Gasteiger partial charge in [0.2, 0.25) is 5.91 Å². The van der Waals surface area contributed by atoms with Crippen LogP contribution >= 0.6 is 0 Å². The topological polar surface area (TPSA) is 42.0 Å². The van der Waals surface area contributed by atoms with Gasteiger partial charge in [0.1, 0.15) is 12.7 Å². The van der Waals surface area contributed by atoms with Crippen molar-refractivity contribution >= 4 is 5.91 Å². The summed E-state index contributed by atoms with van der Waals surface area (Å²) in [6.45, 7) is 3.55. The maximum absolute atomic E-state index is 11.8. The second-order valence-electron chi connectivity index (χ2n) is 6.98. The smallest absolute Gasteiger partial charge is 0.222 e. The Labute approximate surface area is 137 Å². The van der Waals surface area contributed by atoms with Gasteiger partial charge in [-0.15, -0.1) is 0 Å². The molecule has 3 aliphatic rings. The summed E-state index contributed by atoms with van der Waals surface area (Å²) in [5, 5.41) is 0. The Morgan fingerprint density at radius 1 is 1.17 bits per heavy atom. The van der Waals surface area contributed by atoms with Crippen LogP contribution in [0.15, 0.2) is 24.3 Å². The molecule has 0 radical (unpaired) electrons. The first-order valence-electron chi connectivity index (χ1n) is 8.54. The number of piperidine rings is 1. The highest BCUT2D eigenvalue weighted by Gasteiger charge is 2.45. The molecule has 0 saturated carbocycles. The normalized spacial score (nSPS) is 26.7. The van der Waals surface area contributed by atoms with Crippen molar-refractivity contribution in [2.45, 2.75) is 37.3 Å². The number of nitrogens with zero attached hydrogens (tertiary/aromatic N) is 2. The molecule has 0 unspecified atom stereocenters. The molecule has 23 heavy (non-hydrogen) atoms. The van der Waals surface area contributed by atoms with Crippen molar-refractivity contribution in [3.63, 3.8) is 0 Å². The molecule has 0 N–H and O–H groups in total. The van der Waals surface area contributed by atoms with Crippen LogP contribution in [0, 0.1) is 0 Å². The Balaban J connectivity index is 1.33. The van der Waals surface area contributed by atoms with E-state index in [1.54, 1.807) is 0 Å². The zero-order valence-corrected chi connectivity index (χ0v) is 13.7. The van der Waals surface area contributed by atoms with Gasteiger partial charge in [-0.05, 0) is 31.4 Å². The minimum absolute atomic E-state index is 0.0851. The first-order chi connectivity index (χ1) is 11.2. The average Bonchev–Trinajstić information content (AvgIpc) is 2.86. The number of rotatable bonds is 2. The van der Waals surface area contributed by atoms with Crippen molar-refractivity contribution in [2.75, 3.05) is 33.3 Å². The number of hydrogen-bond acceptors (Lipinski definition) is 4. The lowest BCUT2D eigenvalue weighted by Crippen LogP contribution is -2.53. The van der Waals surface area contributed by atoms with E-state index in [1.165, 1.54) is 0 Å². The van der Waals surface area contributed by atoms with E-state index in [-0.39, 0.29) is 11.6 Å². The lowest BCUT2D eigenvalue weighted by Gasteiger charge is -2.44. The van der Waals surface area contributed by atoms with E-state index >= 15 is 0 Å². The Morgan fingerprint density at radius 3 is 2.61 bits per heavy atom. The Bertz CT molecular complexity index is 596. The van der Waals surface area contributed by atoms with E-state index < -0.39 is 0 Å². The highest BCUT2D eigenvalue weighted by molar-refractivity contribution is 5.79. The molecular weight excluding hydrogens is 292 g/mol. The number of benzene rings is 1. The predicted molar refractivity (Wildman–Crippen MR) is 86.8 cm³/mol. The number of amides is 1. The number of fused-ring (bicyclic) bond motifs is 1. The molecule has 1 atom stereocenters. The van der Waals surface area contributed by atoms with E-state index in [0.717, 1.165) is 50.4 Å². The summed E-state index contributed by atoms with van der Waals surface area (Å²) in [4.78, 5) is 16.3. The third kappa shape index (κ3) is 2.67. The molecule has 1 aromatic rings. The molecule has 3 aliphatic heterocycles. The minimum atomic E-state index is 0.0851. The maximum Gasteiger partial charge on any atom is 0.222 e. The van der Waals surface area contributed by atoms with Gasteiger partial charge in [0.25, 0.3) is 0 Å². The van der Waals surface area contributed by atoms with Crippen LogP contribution in [0.4, 0.5) is 0 Å². The average molecular weight is 316 g/mol. The zero-order valence-electron chi connectivity index (χ0n) is 13.7. The Kier molecular flexibility index (Phi) is 3.68. The van der Waals surface area contributed by atoms with Crippen molar-refractivity contribution in [3.05, 3.63) is 24.3 Å². The van der Waals surface area contributed by atoms with Crippen molar-refractivity contribution < 1.29 is 14.3 Å². The predicted octanol–water partition coefficient (Wildman–Crippen LogP) is 1.91. The molecular formula is C18H24N2O3. The van der Waals surface area contributed by atoms with Crippen LogP contribution in [-0.4, -0.2) is 60.6 Å². The van der Waals surface area contributed by atoms with E-state index in [4.69, 9.17) is 9.47 Å². The molecule has 3 heterocycles. The minimum Gasteiger partial charge on any atom is -0.486 e. The third-order valence-corrected chi connectivity index (χ3v) is 5.71. The van der Waals surface area contributed by atoms with Crippen LogP contribution in [0.2, 0.25) is 0 Å². The molecule has 1 spiro atoms. The summed E-state index contributed by atoms with van der Waals surface area (Å²) in [6, 6.07) is 7.85. The summed E-state index contributed by atoms with van der Waals surface area (Å²) in [5.74, 6) is 1.99. The van der Waals surface area contributed by atoms with Gasteiger partial charge < -0.3 is 14.4 Å². The first-order valence-corrected chi connectivity index (χ1v) is 8.54. The lowest BCUT2D eigenvalue weighted by molar-refractivity contribution is -0.130. The number of hydrogen-bond donors (Lipinski definition) is 0. The zero-order chi connectivity index (χ0) is 15.9. The molecule has 4 rings (SSSR count). The largest absolute Gasteiger partial charge is 0.486 e. The van der Waals surface area contributed by atoms with Crippen LogP contribution in [0.5, 0.6) is 11.5 Å². The SMILES string of the molecule is CN1C(=O)CCC12CCN(C[C@H]1COc3ccccc3O1)CC2. The number of carbonyl (C=O) groups is 1. The highest BCUT2D eigenvalue weighted by atomic mass is 16.6. The van der Waals surface area contributed by atoms with Crippen molar-refractivity contribution in [3.8, 4) is 11.5 Å². The summed E-state index contributed by atoms with van der Waals surface area (Å²) < 4.78 is 11.9. The fourth-order valence-electron chi connectivity index (χ4n) is 4.12. The first kappa shape index (κ1) is 14.8. The number of para-hydroxylation sites is 2. The standard InChI is InChI=1S/C18H24N2O3/c1-19-17(21)6-7-18(19)8-10-20(11-9-18)12-14-13-22-15-4-2-3-5-16(15)23-14/h2-5,14H,6-13H2,1H3/t14-/m0/s1. The van der Waals surface area contributed by atoms with Gasteiger partial charge in [-0.25, -0.2) is 0 Å². The molecule has 0 aromatic heterocycles. The van der Waals surface area contributed by atoms with Gasteiger partial charge in [-0.3, -0.25) is 9.69 Å². The van der Waals surface area contributed by atoms with Gasteiger partial charge in [0.15, 0.2) is 11.5 Å². The fraction of sp³-hybridized carbons (Fsp3) is 0.611. The monoisotopic (exact) mass is 316 g/mol. The number of ether oxygens (including phenoxy) is 2. The van der Waals surface area contributed by atoms with Crippen LogP contribution in [-0.2, 0) is 4.79 Å². The van der Waals surface area contributed by atoms with Gasteiger partial charge in [0, 0.05) is 38.6 Å². The van der Waals surface area contributed by atoms with Crippen molar-refractivity contribution in [1.29, 1.82) is 0 Å². The van der Waals surface area contributed by atoms with Gasteiger partial charge in [-0.2, -0.15) is 0 Å². The summed E-state index contributed by atoms with van der Waals surface area (Å²) in [7, 11) is 1.97. The van der Waals surface area contributed by atoms with Gasteiger partial charge in [-0.1, -0.05) is 12.1 Å². The maximum atomic E-state index is 11.8. The molecule has 5 heteroatoms. The number of likely N-dealkylation sites (tertiary alicyclic amines) is 2. The molecule has 0 bridgehead atoms. The second kappa shape index (κ2) is 5.71. The molecule has 2 fully saturated rings. The van der Waals surface area contributed by atoms with Crippen LogP contribution < -0.4 is 9.47 Å². The van der Waals surface area contributed by atoms with Crippen molar-refractivity contribution in [1.82, 2.24) is 9.80 Å². The van der Waals surface area contributed by atoms with Crippen LogP contribution in [0.25, 0.3) is 0 Å². The summed E-state index contributed by atoms with van der Waals surface area (Å²) in [6.07, 6.45) is 3.96. The van der Waals surface area contributed by atoms with Gasteiger partial charge in [0.05, 0.1) is 0 Å². The molecule has 0 aliphatic carbocycles.